The van der Waals surface area contributed by atoms with Crippen LogP contribution in [0.4, 0.5) is 0 Å². The summed E-state index contributed by atoms with van der Waals surface area (Å²) in [6.45, 7) is 5.59. The number of piperidine rings is 1. The molecule has 0 spiro atoms. The first-order valence-corrected chi connectivity index (χ1v) is 9.78. The molecule has 6 heteroatoms. The van der Waals surface area contributed by atoms with Gasteiger partial charge in [0, 0.05) is 42.5 Å². The van der Waals surface area contributed by atoms with Gasteiger partial charge in [0.05, 0.1) is 5.92 Å². The van der Waals surface area contributed by atoms with Crippen LogP contribution in [0.15, 0.2) is 35.0 Å². The Morgan fingerprint density at radius 3 is 3.04 bits per heavy atom. The van der Waals surface area contributed by atoms with Gasteiger partial charge in [-0.05, 0) is 30.9 Å². The van der Waals surface area contributed by atoms with Gasteiger partial charge in [-0.3, -0.25) is 4.79 Å². The third-order valence-corrected chi connectivity index (χ3v) is 5.38. The summed E-state index contributed by atoms with van der Waals surface area (Å²) in [4.78, 5) is 22.5. The quantitative estimate of drug-likeness (QED) is 0.740. The Morgan fingerprint density at radius 2 is 2.22 bits per heavy atom. The van der Waals surface area contributed by atoms with Crippen molar-refractivity contribution < 1.29 is 9.32 Å². The minimum Gasteiger partial charge on any atom is -0.361 e. The Kier molecular flexibility index (Phi) is 4.97. The number of likely N-dealkylation sites (tertiary alicyclic amines) is 1. The Balaban J connectivity index is 1.38. The molecule has 27 heavy (non-hydrogen) atoms. The van der Waals surface area contributed by atoms with Gasteiger partial charge in [-0.25, -0.2) is 0 Å². The molecular weight excluding hydrogens is 340 g/mol. The van der Waals surface area contributed by atoms with E-state index in [1.165, 1.54) is 10.9 Å². The number of carbonyl (C=O) groups is 1. The second-order valence-electron chi connectivity index (χ2n) is 7.68. The van der Waals surface area contributed by atoms with E-state index in [2.05, 4.69) is 41.1 Å². The maximum absolute atomic E-state index is 12.8. The molecule has 3 aromatic rings. The van der Waals surface area contributed by atoms with Gasteiger partial charge < -0.3 is 14.4 Å². The van der Waals surface area contributed by atoms with E-state index in [0.717, 1.165) is 37.1 Å². The van der Waals surface area contributed by atoms with E-state index in [1.54, 1.807) is 0 Å². The van der Waals surface area contributed by atoms with Crippen molar-refractivity contribution in [3.8, 4) is 0 Å². The number of aryl methyl sites for hydroxylation is 1. The number of rotatable bonds is 5. The number of aromatic nitrogens is 3. The fourth-order valence-corrected chi connectivity index (χ4v) is 3.79. The molecule has 4 rings (SSSR count). The summed E-state index contributed by atoms with van der Waals surface area (Å²) < 4.78 is 5.46. The van der Waals surface area contributed by atoms with Crippen LogP contribution in [-0.4, -0.2) is 39.0 Å². The first-order chi connectivity index (χ1) is 13.1. The van der Waals surface area contributed by atoms with Gasteiger partial charge in [0.1, 0.15) is 0 Å². The van der Waals surface area contributed by atoms with E-state index in [4.69, 9.17) is 4.52 Å². The fraction of sp³-hybridized carbons (Fsp3) is 0.476. The molecule has 1 fully saturated rings. The van der Waals surface area contributed by atoms with Crippen molar-refractivity contribution in [3.05, 3.63) is 47.7 Å². The topological polar surface area (TPSA) is 75.0 Å². The highest BCUT2D eigenvalue weighted by Gasteiger charge is 2.28. The lowest BCUT2D eigenvalue weighted by molar-refractivity contribution is -0.132. The number of carbonyl (C=O) groups excluding carboxylic acids is 1. The number of hydrogen-bond donors (Lipinski definition) is 1. The molecule has 3 heterocycles. The normalized spacial score (nSPS) is 17.7. The predicted octanol–water partition coefficient (Wildman–Crippen LogP) is 4.01. The number of amides is 1. The van der Waals surface area contributed by atoms with Crippen LogP contribution in [0, 0.1) is 0 Å². The predicted molar refractivity (Wildman–Crippen MR) is 104 cm³/mol. The number of para-hydroxylation sites is 1. The van der Waals surface area contributed by atoms with Crippen LogP contribution in [0.5, 0.6) is 0 Å². The van der Waals surface area contributed by atoms with E-state index in [9.17, 15) is 4.79 Å². The first-order valence-electron chi connectivity index (χ1n) is 9.78. The highest BCUT2D eigenvalue weighted by atomic mass is 16.5. The zero-order valence-electron chi connectivity index (χ0n) is 15.9. The smallest absolute Gasteiger partial charge is 0.231 e. The lowest BCUT2D eigenvalue weighted by Crippen LogP contribution is -2.39. The van der Waals surface area contributed by atoms with Crippen LogP contribution in [0.1, 0.15) is 62.2 Å². The third kappa shape index (κ3) is 3.75. The number of hydrogen-bond acceptors (Lipinski definition) is 4. The molecule has 1 amide bonds. The van der Waals surface area contributed by atoms with Crippen LogP contribution in [-0.2, 0) is 11.2 Å². The lowest BCUT2D eigenvalue weighted by atomic mass is 9.97. The molecule has 0 aliphatic carbocycles. The Morgan fingerprint density at radius 1 is 1.37 bits per heavy atom. The molecule has 1 aliphatic rings. The molecule has 1 saturated heterocycles. The molecular formula is C21H26N4O2. The lowest BCUT2D eigenvalue weighted by Gasteiger charge is -2.31. The highest BCUT2D eigenvalue weighted by molar-refractivity contribution is 5.84. The van der Waals surface area contributed by atoms with E-state index in [-0.39, 0.29) is 17.7 Å². The minimum absolute atomic E-state index is 0.149. The molecule has 0 saturated carbocycles. The van der Waals surface area contributed by atoms with Crippen LogP contribution >= 0.6 is 0 Å². The average molecular weight is 366 g/mol. The highest BCUT2D eigenvalue weighted by Crippen LogP contribution is 2.27. The zero-order valence-corrected chi connectivity index (χ0v) is 15.9. The van der Waals surface area contributed by atoms with E-state index in [1.807, 2.05) is 23.2 Å². The van der Waals surface area contributed by atoms with Crippen molar-refractivity contribution in [2.45, 2.75) is 51.4 Å². The second kappa shape index (κ2) is 7.55. The fourth-order valence-electron chi connectivity index (χ4n) is 3.79. The van der Waals surface area contributed by atoms with Crippen molar-refractivity contribution in [1.82, 2.24) is 20.0 Å². The number of fused-ring (bicyclic) bond motifs is 1. The molecule has 1 atom stereocenters. The summed E-state index contributed by atoms with van der Waals surface area (Å²) in [6, 6.07) is 8.21. The van der Waals surface area contributed by atoms with Crippen molar-refractivity contribution in [2.24, 2.45) is 0 Å². The minimum atomic E-state index is 0.149. The Hall–Kier alpha value is -2.63. The van der Waals surface area contributed by atoms with Crippen LogP contribution in [0.25, 0.3) is 10.9 Å². The summed E-state index contributed by atoms with van der Waals surface area (Å²) in [6.07, 6.45) is 5.26. The summed E-state index contributed by atoms with van der Waals surface area (Å²) in [7, 11) is 0. The van der Waals surface area contributed by atoms with Crippen molar-refractivity contribution in [2.75, 3.05) is 13.1 Å². The van der Waals surface area contributed by atoms with Gasteiger partial charge in [0.25, 0.3) is 0 Å². The van der Waals surface area contributed by atoms with Gasteiger partial charge in [-0.1, -0.05) is 37.2 Å². The summed E-state index contributed by atoms with van der Waals surface area (Å²) in [5.41, 5.74) is 2.32. The van der Waals surface area contributed by atoms with Crippen LogP contribution in [0.3, 0.4) is 0 Å². The Bertz CT molecular complexity index is 927. The first kappa shape index (κ1) is 17.8. The molecule has 142 valence electrons. The molecule has 0 bridgehead atoms. The number of aromatic amines is 1. The second-order valence-corrected chi connectivity index (χ2v) is 7.68. The summed E-state index contributed by atoms with van der Waals surface area (Å²) in [5.74, 6) is 2.02. The van der Waals surface area contributed by atoms with Gasteiger partial charge in [0.15, 0.2) is 5.82 Å². The monoisotopic (exact) mass is 366 g/mol. The van der Waals surface area contributed by atoms with Gasteiger partial charge >= 0.3 is 0 Å². The third-order valence-electron chi connectivity index (χ3n) is 5.38. The van der Waals surface area contributed by atoms with Crippen molar-refractivity contribution >= 4 is 16.8 Å². The van der Waals surface area contributed by atoms with E-state index >= 15 is 0 Å². The van der Waals surface area contributed by atoms with Crippen LogP contribution < -0.4 is 0 Å². The molecule has 6 nitrogen and oxygen atoms in total. The maximum atomic E-state index is 12.8. The van der Waals surface area contributed by atoms with Gasteiger partial charge in [0.2, 0.25) is 11.8 Å². The zero-order chi connectivity index (χ0) is 18.8. The number of nitrogens with one attached hydrogen (secondary N) is 1. The average Bonchev–Trinajstić information content (AvgIpc) is 3.34. The number of H-pyrrole nitrogens is 1. The summed E-state index contributed by atoms with van der Waals surface area (Å²) in [5, 5.41) is 5.27. The van der Waals surface area contributed by atoms with Gasteiger partial charge in [-0.15, -0.1) is 0 Å². The molecule has 0 unspecified atom stereocenters. The molecule has 0 radical (unpaired) electrons. The Labute approximate surface area is 158 Å². The number of benzene rings is 1. The maximum Gasteiger partial charge on any atom is 0.231 e. The van der Waals surface area contributed by atoms with Crippen molar-refractivity contribution in [1.29, 1.82) is 0 Å². The van der Waals surface area contributed by atoms with E-state index < -0.39 is 0 Å². The van der Waals surface area contributed by atoms with Crippen molar-refractivity contribution in [3.63, 3.8) is 0 Å². The largest absolute Gasteiger partial charge is 0.361 e. The standard InChI is InChI=1S/C21H26N4O2/c1-14(2)20-23-21(27-24-20)16-6-5-11-25(13-16)19(26)10-9-15-12-22-18-8-4-3-7-17(15)18/h3-4,7-8,12,14,16,22H,5-6,9-11,13H2,1-2H3/t16-/m0/s1. The van der Waals surface area contributed by atoms with Gasteiger partial charge in [-0.2, -0.15) is 4.98 Å². The summed E-state index contributed by atoms with van der Waals surface area (Å²) >= 11 is 0. The molecule has 2 aromatic heterocycles. The molecule has 1 N–H and O–H groups in total. The molecule has 1 aliphatic heterocycles. The molecule has 1 aromatic carbocycles. The number of nitrogens with zero attached hydrogens (tertiary/aromatic N) is 3. The SMILES string of the molecule is CC(C)c1noc([C@H]2CCCN(C(=O)CCc3c[nH]c4ccccc34)C2)n1. The van der Waals surface area contributed by atoms with Crippen LogP contribution in [0.2, 0.25) is 0 Å². The van der Waals surface area contributed by atoms with E-state index in [0.29, 0.717) is 18.9 Å².